The lowest BCUT2D eigenvalue weighted by Gasteiger charge is -2.05. The van der Waals surface area contributed by atoms with Crippen LogP contribution in [0, 0.1) is 11.6 Å². The number of nitrogens with zero attached hydrogens (tertiary/aromatic N) is 1. The van der Waals surface area contributed by atoms with Gasteiger partial charge in [0.1, 0.15) is 10.5 Å². The summed E-state index contributed by atoms with van der Waals surface area (Å²) >= 11 is 8.62. The van der Waals surface area contributed by atoms with E-state index in [1.165, 1.54) is 5.56 Å². The highest BCUT2D eigenvalue weighted by atomic mass is 79.9. The predicted molar refractivity (Wildman–Crippen MR) is 71.1 cm³/mol. The van der Waals surface area contributed by atoms with Gasteiger partial charge in [-0.3, -0.25) is 0 Å². The van der Waals surface area contributed by atoms with Crippen molar-refractivity contribution in [2.45, 2.75) is 13.3 Å². The van der Waals surface area contributed by atoms with Crippen molar-refractivity contribution in [3.8, 4) is 0 Å². The number of H-pyrrole nitrogens is 1. The molecule has 0 atom stereocenters. The molecule has 1 N–H and O–H groups in total. The molecule has 0 aliphatic carbocycles. The molecule has 0 bridgehead atoms. The molecule has 0 saturated heterocycles. The molecule has 0 amide bonds. The molecular weight excluding hydrogens is 284 g/mol. The number of rotatable bonds is 2. The normalized spacial score (nSPS) is 10.4. The first-order valence-corrected chi connectivity index (χ1v) is 6.15. The van der Waals surface area contributed by atoms with Crippen LogP contribution in [0.5, 0.6) is 0 Å². The summed E-state index contributed by atoms with van der Waals surface area (Å²) in [5.74, 6) is 0.900. The number of aryl methyl sites for hydroxylation is 1. The molecule has 0 fully saturated rings. The largest absolute Gasteiger partial charge is 0.347 e. The second-order valence-electron chi connectivity index (χ2n) is 3.62. The Morgan fingerprint density at radius 2 is 2.12 bits per heavy atom. The van der Waals surface area contributed by atoms with Gasteiger partial charge in [-0.15, -0.1) is 0 Å². The highest BCUT2D eigenvalue weighted by molar-refractivity contribution is 9.10. The van der Waals surface area contributed by atoms with E-state index in [9.17, 15) is 0 Å². The fraction of sp³-hybridized carbons (Fsp3) is 0.167. The maximum absolute atomic E-state index is 5.09. The third-order valence-corrected chi connectivity index (χ3v) is 3.23. The molecule has 82 valence electrons. The number of aromatic amines is 1. The van der Waals surface area contributed by atoms with Gasteiger partial charge in [0.25, 0.3) is 0 Å². The van der Waals surface area contributed by atoms with Crippen molar-refractivity contribution in [3.05, 3.63) is 56.5 Å². The number of aromatic nitrogens is 2. The monoisotopic (exact) mass is 294 g/mol. The van der Waals surface area contributed by atoms with Gasteiger partial charge in [0.2, 0.25) is 0 Å². The molecular formula is C12H11BrN2S. The van der Waals surface area contributed by atoms with Crippen LogP contribution in [0.15, 0.2) is 34.8 Å². The molecule has 1 aromatic carbocycles. The summed E-state index contributed by atoms with van der Waals surface area (Å²) in [7, 11) is 0. The highest BCUT2D eigenvalue weighted by Crippen LogP contribution is 2.18. The zero-order chi connectivity index (χ0) is 11.5. The van der Waals surface area contributed by atoms with Crippen molar-refractivity contribution in [2.75, 3.05) is 0 Å². The minimum Gasteiger partial charge on any atom is -0.347 e. The zero-order valence-corrected chi connectivity index (χ0v) is 11.2. The SMILES string of the molecule is Cc1cc(=S)nc(Cc2ccccc2Br)[nH]1. The molecule has 2 aromatic rings. The fourth-order valence-corrected chi connectivity index (χ4v) is 2.26. The van der Waals surface area contributed by atoms with E-state index >= 15 is 0 Å². The Hall–Kier alpha value is -1.000. The van der Waals surface area contributed by atoms with Gasteiger partial charge in [-0.1, -0.05) is 46.3 Å². The summed E-state index contributed by atoms with van der Waals surface area (Å²) < 4.78 is 1.73. The van der Waals surface area contributed by atoms with E-state index in [4.69, 9.17) is 12.2 Å². The second-order valence-corrected chi connectivity index (χ2v) is 4.89. The van der Waals surface area contributed by atoms with Crippen molar-refractivity contribution < 1.29 is 0 Å². The minimum atomic E-state index is 0.637. The lowest BCUT2D eigenvalue weighted by atomic mass is 10.1. The van der Waals surface area contributed by atoms with Crippen LogP contribution in [0.25, 0.3) is 0 Å². The van der Waals surface area contributed by atoms with Crippen LogP contribution in [0.4, 0.5) is 0 Å². The molecule has 0 spiro atoms. The van der Waals surface area contributed by atoms with Crippen LogP contribution in [0.1, 0.15) is 17.1 Å². The van der Waals surface area contributed by atoms with Crippen LogP contribution in [-0.2, 0) is 6.42 Å². The lowest BCUT2D eigenvalue weighted by molar-refractivity contribution is 0.932. The number of hydrogen-bond acceptors (Lipinski definition) is 2. The van der Waals surface area contributed by atoms with Gasteiger partial charge in [0.05, 0.1) is 0 Å². The summed E-state index contributed by atoms with van der Waals surface area (Å²) in [5, 5.41) is 0. The Morgan fingerprint density at radius 3 is 2.81 bits per heavy atom. The molecule has 4 heteroatoms. The number of benzene rings is 1. The van der Waals surface area contributed by atoms with E-state index in [-0.39, 0.29) is 0 Å². The Bertz CT molecular complexity index is 563. The third kappa shape index (κ3) is 2.77. The fourth-order valence-electron chi connectivity index (χ4n) is 1.55. The van der Waals surface area contributed by atoms with Crippen LogP contribution in [0.3, 0.4) is 0 Å². The smallest absolute Gasteiger partial charge is 0.129 e. The first-order valence-electron chi connectivity index (χ1n) is 4.95. The molecule has 16 heavy (non-hydrogen) atoms. The zero-order valence-electron chi connectivity index (χ0n) is 8.83. The summed E-state index contributed by atoms with van der Waals surface area (Å²) in [6, 6.07) is 9.98. The van der Waals surface area contributed by atoms with E-state index < -0.39 is 0 Å². The summed E-state index contributed by atoms with van der Waals surface area (Å²) in [4.78, 5) is 7.53. The van der Waals surface area contributed by atoms with Crippen molar-refractivity contribution in [3.63, 3.8) is 0 Å². The topological polar surface area (TPSA) is 28.7 Å². The van der Waals surface area contributed by atoms with Crippen LogP contribution < -0.4 is 0 Å². The van der Waals surface area contributed by atoms with E-state index in [2.05, 4.69) is 32.0 Å². The van der Waals surface area contributed by atoms with Gasteiger partial charge in [0.15, 0.2) is 0 Å². The van der Waals surface area contributed by atoms with E-state index in [0.717, 1.165) is 22.4 Å². The Balaban J connectivity index is 2.34. The van der Waals surface area contributed by atoms with Crippen LogP contribution in [0.2, 0.25) is 0 Å². The molecule has 0 unspecified atom stereocenters. The van der Waals surface area contributed by atoms with Gasteiger partial charge in [0, 0.05) is 16.6 Å². The van der Waals surface area contributed by atoms with Gasteiger partial charge in [-0.2, -0.15) is 0 Å². The lowest BCUT2D eigenvalue weighted by Crippen LogP contribution is -1.99. The van der Waals surface area contributed by atoms with Crippen LogP contribution in [-0.4, -0.2) is 9.97 Å². The third-order valence-electron chi connectivity index (χ3n) is 2.24. The number of hydrogen-bond donors (Lipinski definition) is 1. The summed E-state index contributed by atoms with van der Waals surface area (Å²) in [5.41, 5.74) is 2.24. The summed E-state index contributed by atoms with van der Waals surface area (Å²) in [6.45, 7) is 1.99. The Morgan fingerprint density at radius 1 is 1.38 bits per heavy atom. The quantitative estimate of drug-likeness (QED) is 0.854. The molecule has 2 rings (SSSR count). The maximum atomic E-state index is 5.09. The molecule has 0 aliphatic heterocycles. The van der Waals surface area contributed by atoms with E-state index in [1.54, 1.807) is 0 Å². The molecule has 2 nitrogen and oxygen atoms in total. The van der Waals surface area contributed by atoms with Gasteiger partial charge in [-0.25, -0.2) is 4.98 Å². The van der Waals surface area contributed by atoms with Gasteiger partial charge < -0.3 is 4.98 Å². The van der Waals surface area contributed by atoms with Crippen molar-refractivity contribution >= 4 is 28.1 Å². The maximum Gasteiger partial charge on any atom is 0.129 e. The van der Waals surface area contributed by atoms with E-state index in [0.29, 0.717) is 4.64 Å². The first kappa shape index (κ1) is 11.5. The predicted octanol–water partition coefficient (Wildman–Crippen LogP) is 3.80. The minimum absolute atomic E-state index is 0.637. The Kier molecular flexibility index (Phi) is 3.51. The number of halogens is 1. The van der Waals surface area contributed by atoms with Gasteiger partial charge >= 0.3 is 0 Å². The Labute approximate surface area is 108 Å². The highest BCUT2D eigenvalue weighted by Gasteiger charge is 2.02. The standard InChI is InChI=1S/C12H11BrN2S/c1-8-6-12(16)15-11(14-8)7-9-4-2-3-5-10(9)13/h2-6H,7H2,1H3,(H,14,15,16). The first-order chi connectivity index (χ1) is 7.65. The van der Waals surface area contributed by atoms with E-state index in [1.807, 2.05) is 31.2 Å². The average Bonchev–Trinajstić information content (AvgIpc) is 2.20. The van der Waals surface area contributed by atoms with Crippen LogP contribution >= 0.6 is 28.1 Å². The second kappa shape index (κ2) is 4.89. The van der Waals surface area contributed by atoms with Gasteiger partial charge in [-0.05, 0) is 24.6 Å². The average molecular weight is 295 g/mol. The molecule has 0 saturated carbocycles. The van der Waals surface area contributed by atoms with Crippen molar-refractivity contribution in [1.29, 1.82) is 0 Å². The molecule has 1 aromatic heterocycles. The van der Waals surface area contributed by atoms with Crippen molar-refractivity contribution in [1.82, 2.24) is 9.97 Å². The summed E-state index contributed by atoms with van der Waals surface area (Å²) in [6.07, 6.45) is 0.757. The van der Waals surface area contributed by atoms with Crippen molar-refractivity contribution in [2.24, 2.45) is 0 Å². The molecule has 0 aliphatic rings. The molecule has 0 radical (unpaired) electrons. The molecule has 1 heterocycles. The number of nitrogens with one attached hydrogen (secondary N) is 1.